The second kappa shape index (κ2) is 4.79. The van der Waals surface area contributed by atoms with Gasteiger partial charge in [-0.15, -0.1) is 0 Å². The molecule has 22 heavy (non-hydrogen) atoms. The lowest BCUT2D eigenvalue weighted by Gasteiger charge is -2.12. The Morgan fingerprint density at radius 2 is 1.86 bits per heavy atom. The summed E-state index contributed by atoms with van der Waals surface area (Å²) >= 11 is 0. The summed E-state index contributed by atoms with van der Waals surface area (Å²) in [7, 11) is -0.670. The molecule has 0 radical (unpaired) electrons. The van der Waals surface area contributed by atoms with Crippen molar-refractivity contribution in [1.82, 2.24) is 14.3 Å². The summed E-state index contributed by atoms with van der Waals surface area (Å²) in [5.74, 6) is 0.0221. The van der Waals surface area contributed by atoms with E-state index in [-0.39, 0.29) is 10.8 Å². The highest BCUT2D eigenvalue weighted by Crippen LogP contribution is 2.25. The van der Waals surface area contributed by atoms with Crippen molar-refractivity contribution in [2.45, 2.75) is 4.90 Å². The van der Waals surface area contributed by atoms with Gasteiger partial charge in [0.15, 0.2) is 0 Å². The minimum Gasteiger partial charge on any atom is -0.369 e. The number of nitrogens with zero attached hydrogens (tertiary/aromatic N) is 2. The van der Waals surface area contributed by atoms with Crippen LogP contribution in [0.2, 0.25) is 0 Å². The van der Waals surface area contributed by atoms with Gasteiger partial charge in [0.25, 0.3) is 5.56 Å². The van der Waals surface area contributed by atoms with Crippen molar-refractivity contribution in [3.63, 3.8) is 0 Å². The van der Waals surface area contributed by atoms with Crippen LogP contribution in [0.1, 0.15) is 0 Å². The maximum Gasteiger partial charge on any atom is 0.260 e. The highest BCUT2D eigenvalue weighted by Gasteiger charge is 2.18. The van der Waals surface area contributed by atoms with Crippen molar-refractivity contribution in [2.75, 3.05) is 19.8 Å². The van der Waals surface area contributed by atoms with Gasteiger partial charge in [0.1, 0.15) is 0 Å². The lowest BCUT2D eigenvalue weighted by atomic mass is 10.1. The number of hydrogen-bond acceptors (Lipinski definition) is 5. The second-order valence-electron chi connectivity index (χ2n) is 5.08. The largest absolute Gasteiger partial charge is 0.369 e. The number of rotatable bonds is 2. The molecule has 0 aliphatic heterocycles. The van der Waals surface area contributed by atoms with Gasteiger partial charge in [-0.25, -0.2) is 17.7 Å². The Kier molecular flexibility index (Phi) is 3.15. The average Bonchev–Trinajstić information content (AvgIpc) is 2.45. The molecule has 0 atom stereocenters. The van der Waals surface area contributed by atoms with E-state index >= 15 is 0 Å². The van der Waals surface area contributed by atoms with Gasteiger partial charge >= 0.3 is 0 Å². The fourth-order valence-electron chi connectivity index (χ4n) is 2.33. The summed E-state index contributed by atoms with van der Waals surface area (Å²) < 4.78 is 25.6. The van der Waals surface area contributed by atoms with Crippen LogP contribution in [0.15, 0.2) is 40.0 Å². The number of aromatic nitrogens is 2. The number of nitrogen functional groups attached to an aromatic ring is 1. The Morgan fingerprint density at radius 1 is 1.18 bits per heavy atom. The van der Waals surface area contributed by atoms with Crippen LogP contribution < -0.4 is 11.3 Å². The Labute approximate surface area is 126 Å². The van der Waals surface area contributed by atoms with Gasteiger partial charge in [0, 0.05) is 14.1 Å². The SMILES string of the molecule is CN(C)S(=O)(=O)c1ccc2ccc3nc(N)[nH]c(=O)c3c2c1. The molecule has 1 aromatic heterocycles. The lowest BCUT2D eigenvalue weighted by Crippen LogP contribution is -2.22. The van der Waals surface area contributed by atoms with Crippen LogP contribution in [0.25, 0.3) is 21.7 Å². The van der Waals surface area contributed by atoms with Crippen molar-refractivity contribution in [3.8, 4) is 0 Å². The molecular formula is C14H14N4O3S. The zero-order valence-electron chi connectivity index (χ0n) is 12.0. The monoisotopic (exact) mass is 318 g/mol. The average molecular weight is 318 g/mol. The highest BCUT2D eigenvalue weighted by molar-refractivity contribution is 7.89. The van der Waals surface area contributed by atoms with E-state index in [0.29, 0.717) is 16.3 Å². The van der Waals surface area contributed by atoms with E-state index in [9.17, 15) is 13.2 Å². The maximum absolute atomic E-state index is 12.3. The van der Waals surface area contributed by atoms with E-state index in [1.807, 2.05) is 0 Å². The molecule has 0 unspecified atom stereocenters. The van der Waals surface area contributed by atoms with Gasteiger partial charge in [-0.3, -0.25) is 9.78 Å². The third kappa shape index (κ3) is 2.13. The molecule has 0 saturated heterocycles. The molecule has 0 amide bonds. The smallest absolute Gasteiger partial charge is 0.260 e. The molecule has 0 bridgehead atoms. The number of benzene rings is 2. The van der Waals surface area contributed by atoms with Crippen LogP contribution >= 0.6 is 0 Å². The van der Waals surface area contributed by atoms with Crippen molar-refractivity contribution >= 4 is 37.6 Å². The summed E-state index contributed by atoms with van der Waals surface area (Å²) in [5.41, 5.74) is 5.57. The molecule has 0 fully saturated rings. The minimum atomic E-state index is -3.58. The summed E-state index contributed by atoms with van der Waals surface area (Å²) in [6.07, 6.45) is 0. The Morgan fingerprint density at radius 3 is 2.55 bits per heavy atom. The van der Waals surface area contributed by atoms with Gasteiger partial charge in [0.2, 0.25) is 16.0 Å². The first-order valence-electron chi connectivity index (χ1n) is 6.45. The summed E-state index contributed by atoms with van der Waals surface area (Å²) in [6.45, 7) is 0. The van der Waals surface area contributed by atoms with Crippen molar-refractivity contribution in [2.24, 2.45) is 0 Å². The van der Waals surface area contributed by atoms with Crippen LogP contribution in [-0.2, 0) is 10.0 Å². The fourth-order valence-corrected chi connectivity index (χ4v) is 3.26. The van der Waals surface area contributed by atoms with E-state index in [0.717, 1.165) is 9.69 Å². The number of sulfonamides is 1. The predicted molar refractivity (Wildman–Crippen MR) is 85.2 cm³/mol. The van der Waals surface area contributed by atoms with Crippen LogP contribution in [0, 0.1) is 0 Å². The standard InChI is InChI=1S/C14H14N4O3S/c1-18(2)22(20,21)9-5-3-8-4-6-11-12(10(8)7-9)13(19)17-14(15)16-11/h3-7H,1-2H3,(H3,15,16,17,19). The van der Waals surface area contributed by atoms with Gasteiger partial charge in [-0.1, -0.05) is 12.1 Å². The fraction of sp³-hybridized carbons (Fsp3) is 0.143. The number of fused-ring (bicyclic) bond motifs is 3. The van der Waals surface area contributed by atoms with E-state index in [1.165, 1.54) is 26.2 Å². The number of H-pyrrole nitrogens is 1. The molecule has 3 rings (SSSR count). The van der Waals surface area contributed by atoms with E-state index < -0.39 is 15.6 Å². The third-order valence-electron chi connectivity index (χ3n) is 3.46. The summed E-state index contributed by atoms with van der Waals surface area (Å²) in [4.78, 5) is 18.8. The predicted octanol–water partition coefficient (Wildman–Crippen LogP) is 0.909. The van der Waals surface area contributed by atoms with Gasteiger partial charge < -0.3 is 5.73 Å². The second-order valence-corrected chi connectivity index (χ2v) is 7.23. The van der Waals surface area contributed by atoms with E-state index in [2.05, 4.69) is 9.97 Å². The van der Waals surface area contributed by atoms with Crippen molar-refractivity contribution in [1.29, 1.82) is 0 Å². The van der Waals surface area contributed by atoms with Crippen molar-refractivity contribution in [3.05, 3.63) is 40.7 Å². The third-order valence-corrected chi connectivity index (χ3v) is 5.27. The molecule has 114 valence electrons. The van der Waals surface area contributed by atoms with Gasteiger partial charge in [0.05, 0.1) is 15.8 Å². The van der Waals surface area contributed by atoms with Crippen LogP contribution in [0.3, 0.4) is 0 Å². The number of aromatic amines is 1. The minimum absolute atomic E-state index is 0.0221. The van der Waals surface area contributed by atoms with Crippen LogP contribution in [-0.4, -0.2) is 36.8 Å². The van der Waals surface area contributed by atoms with Crippen molar-refractivity contribution < 1.29 is 8.42 Å². The highest BCUT2D eigenvalue weighted by atomic mass is 32.2. The Balaban J connectivity index is 2.45. The van der Waals surface area contributed by atoms with Crippen LogP contribution in [0.4, 0.5) is 5.95 Å². The summed E-state index contributed by atoms with van der Waals surface area (Å²) in [6, 6.07) is 8.13. The van der Waals surface area contributed by atoms with E-state index in [4.69, 9.17) is 5.73 Å². The normalized spacial score (nSPS) is 12.3. The Hall–Kier alpha value is -2.45. The zero-order valence-corrected chi connectivity index (χ0v) is 12.8. The van der Waals surface area contributed by atoms with E-state index in [1.54, 1.807) is 18.2 Å². The van der Waals surface area contributed by atoms with Crippen LogP contribution in [0.5, 0.6) is 0 Å². The van der Waals surface area contributed by atoms with Gasteiger partial charge in [-0.05, 0) is 29.0 Å². The molecular weight excluding hydrogens is 304 g/mol. The number of nitrogens with one attached hydrogen (secondary N) is 1. The molecule has 3 aromatic rings. The topological polar surface area (TPSA) is 109 Å². The molecule has 0 aliphatic carbocycles. The maximum atomic E-state index is 12.3. The molecule has 0 aliphatic rings. The summed E-state index contributed by atoms with van der Waals surface area (Å²) in [5, 5.41) is 1.60. The number of hydrogen-bond donors (Lipinski definition) is 2. The molecule has 0 spiro atoms. The zero-order chi connectivity index (χ0) is 16.1. The Bertz CT molecular complexity index is 1050. The molecule has 2 aromatic carbocycles. The first-order valence-corrected chi connectivity index (χ1v) is 7.89. The van der Waals surface area contributed by atoms with Gasteiger partial charge in [-0.2, -0.15) is 0 Å². The molecule has 7 nitrogen and oxygen atoms in total. The molecule has 3 N–H and O–H groups in total. The molecule has 8 heteroatoms. The lowest BCUT2D eigenvalue weighted by molar-refractivity contribution is 0.521. The number of nitrogens with two attached hydrogens (primary N) is 1. The number of anilines is 1. The first kappa shape index (κ1) is 14.5. The molecule has 0 saturated carbocycles. The quantitative estimate of drug-likeness (QED) is 0.683. The molecule has 1 heterocycles. The first-order chi connectivity index (χ1) is 10.3.